The van der Waals surface area contributed by atoms with Crippen LogP contribution in [0.4, 0.5) is 0 Å². The third-order valence-electron chi connectivity index (χ3n) is 1.26. The van der Waals surface area contributed by atoms with Gasteiger partial charge in [0.25, 0.3) is 0 Å². The van der Waals surface area contributed by atoms with Gasteiger partial charge >= 0.3 is 0 Å². The molecule has 1 N–H and O–H groups in total. The molecular weight excluding hydrogens is 106 g/mol. The third kappa shape index (κ3) is 0.816. The van der Waals surface area contributed by atoms with Crippen LogP contribution in [0.1, 0.15) is 13.3 Å². The van der Waals surface area contributed by atoms with Gasteiger partial charge < -0.3 is 9.94 Å². The molecule has 8 heavy (non-hydrogen) atoms. The van der Waals surface area contributed by atoms with Gasteiger partial charge in [-0.25, -0.2) is 0 Å². The fourth-order valence-corrected chi connectivity index (χ4v) is 0.634. The van der Waals surface area contributed by atoms with E-state index in [4.69, 9.17) is 5.11 Å². The zero-order chi connectivity index (χ0) is 5.98. The maximum atomic E-state index is 8.84. The monoisotopic (exact) mass is 115 g/mol. The highest BCUT2D eigenvalue weighted by Gasteiger charge is 2.21. The summed E-state index contributed by atoms with van der Waals surface area (Å²) in [7, 11) is 0. The topological polar surface area (TPSA) is 41.8 Å². The number of hydrogen-bond donors (Lipinski definition) is 1. The zero-order valence-corrected chi connectivity index (χ0v) is 4.74. The Bertz CT molecular complexity index is 103. The van der Waals surface area contributed by atoms with Gasteiger partial charge in [-0.05, 0) is 6.42 Å². The van der Waals surface area contributed by atoms with Crippen molar-refractivity contribution in [2.24, 2.45) is 11.1 Å². The van der Waals surface area contributed by atoms with Gasteiger partial charge in [0.05, 0.1) is 12.1 Å². The molecule has 1 aliphatic heterocycles. The van der Waals surface area contributed by atoms with Gasteiger partial charge in [0, 0.05) is 0 Å². The molecule has 0 saturated heterocycles. The summed E-state index contributed by atoms with van der Waals surface area (Å²) in [5, 5.41) is 12.3. The van der Waals surface area contributed by atoms with Crippen LogP contribution >= 0.6 is 0 Å². The second-order valence-electron chi connectivity index (χ2n) is 1.82. The van der Waals surface area contributed by atoms with E-state index in [1.54, 1.807) is 6.21 Å². The quantitative estimate of drug-likeness (QED) is 0.535. The lowest BCUT2D eigenvalue weighted by molar-refractivity contribution is -0.0995. The zero-order valence-electron chi connectivity index (χ0n) is 4.74. The van der Waals surface area contributed by atoms with E-state index < -0.39 is 6.29 Å². The van der Waals surface area contributed by atoms with Crippen molar-refractivity contribution < 1.29 is 9.94 Å². The Labute approximate surface area is 48.0 Å². The second-order valence-corrected chi connectivity index (χ2v) is 1.82. The first-order chi connectivity index (χ1) is 3.84. The highest BCUT2D eigenvalue weighted by molar-refractivity contribution is 5.61. The van der Waals surface area contributed by atoms with E-state index in [2.05, 4.69) is 9.99 Å². The maximum Gasteiger partial charge on any atom is 0.232 e. The molecule has 0 amide bonds. The number of aliphatic hydroxyl groups excluding tert-OH is 1. The standard InChI is InChI=1S/C5H9NO2/c1-2-4-3-6-8-5(4)7/h3-5,7H,2H2,1H3. The lowest BCUT2D eigenvalue weighted by Gasteiger charge is -2.05. The van der Waals surface area contributed by atoms with Gasteiger partial charge in [-0.15, -0.1) is 0 Å². The van der Waals surface area contributed by atoms with Crippen LogP contribution in [0, 0.1) is 5.92 Å². The molecule has 0 aromatic heterocycles. The molecule has 0 spiro atoms. The first-order valence-electron chi connectivity index (χ1n) is 2.72. The molecule has 2 unspecified atom stereocenters. The summed E-state index contributed by atoms with van der Waals surface area (Å²) in [5.74, 6) is 0.106. The highest BCUT2D eigenvalue weighted by atomic mass is 16.7. The van der Waals surface area contributed by atoms with Crippen molar-refractivity contribution >= 4 is 6.21 Å². The Kier molecular flexibility index (Phi) is 1.48. The van der Waals surface area contributed by atoms with Crippen LogP contribution in [0.5, 0.6) is 0 Å². The SMILES string of the molecule is CCC1C=NOC1O. The molecule has 0 fully saturated rings. The van der Waals surface area contributed by atoms with E-state index in [1.165, 1.54) is 0 Å². The number of aliphatic hydroxyl groups is 1. The molecule has 0 aliphatic carbocycles. The number of oxime groups is 1. The van der Waals surface area contributed by atoms with Crippen molar-refractivity contribution in [1.29, 1.82) is 0 Å². The van der Waals surface area contributed by atoms with Crippen LogP contribution in [0.25, 0.3) is 0 Å². The third-order valence-corrected chi connectivity index (χ3v) is 1.26. The summed E-state index contributed by atoms with van der Waals surface area (Å²) in [5.41, 5.74) is 0. The van der Waals surface area contributed by atoms with Gasteiger partial charge in [0.15, 0.2) is 0 Å². The minimum absolute atomic E-state index is 0.106. The largest absolute Gasteiger partial charge is 0.363 e. The molecule has 0 saturated carbocycles. The molecule has 3 nitrogen and oxygen atoms in total. The second kappa shape index (κ2) is 2.13. The van der Waals surface area contributed by atoms with E-state index in [9.17, 15) is 0 Å². The van der Waals surface area contributed by atoms with E-state index >= 15 is 0 Å². The Balaban J connectivity index is 2.41. The Hall–Kier alpha value is -0.570. The minimum atomic E-state index is -0.694. The molecule has 1 heterocycles. The normalized spacial score (nSPS) is 35.2. The first kappa shape index (κ1) is 5.56. The van der Waals surface area contributed by atoms with Crippen molar-refractivity contribution in [2.75, 3.05) is 0 Å². The van der Waals surface area contributed by atoms with Gasteiger partial charge in [0.2, 0.25) is 6.29 Å². The Morgan fingerprint density at radius 1 is 1.88 bits per heavy atom. The predicted molar refractivity (Wildman–Crippen MR) is 29.4 cm³/mol. The smallest absolute Gasteiger partial charge is 0.232 e. The molecule has 0 aromatic carbocycles. The molecule has 1 aliphatic rings. The number of hydrogen-bond acceptors (Lipinski definition) is 3. The molecule has 0 bridgehead atoms. The van der Waals surface area contributed by atoms with Crippen LogP contribution in [-0.4, -0.2) is 17.6 Å². The van der Waals surface area contributed by atoms with Gasteiger partial charge in [0.1, 0.15) is 0 Å². The summed E-state index contributed by atoms with van der Waals surface area (Å²) in [4.78, 5) is 4.48. The van der Waals surface area contributed by atoms with Crippen molar-refractivity contribution in [3.63, 3.8) is 0 Å². The van der Waals surface area contributed by atoms with Crippen molar-refractivity contribution in [3.8, 4) is 0 Å². The number of nitrogens with zero attached hydrogens (tertiary/aromatic N) is 1. The van der Waals surface area contributed by atoms with E-state index in [1.807, 2.05) is 6.92 Å². The molecule has 1 rings (SSSR count). The van der Waals surface area contributed by atoms with E-state index in [0.717, 1.165) is 6.42 Å². The van der Waals surface area contributed by atoms with E-state index in [0.29, 0.717) is 0 Å². The van der Waals surface area contributed by atoms with Crippen LogP contribution in [0.3, 0.4) is 0 Å². The van der Waals surface area contributed by atoms with E-state index in [-0.39, 0.29) is 5.92 Å². The van der Waals surface area contributed by atoms with Crippen molar-refractivity contribution in [1.82, 2.24) is 0 Å². The van der Waals surface area contributed by atoms with Gasteiger partial charge in [-0.3, -0.25) is 0 Å². The summed E-state index contributed by atoms with van der Waals surface area (Å²) in [6.45, 7) is 1.98. The minimum Gasteiger partial charge on any atom is -0.363 e. The molecule has 0 radical (unpaired) electrons. The molecule has 0 aromatic rings. The fraction of sp³-hybridized carbons (Fsp3) is 0.800. The van der Waals surface area contributed by atoms with Crippen molar-refractivity contribution in [2.45, 2.75) is 19.6 Å². The maximum absolute atomic E-state index is 8.84. The van der Waals surface area contributed by atoms with Crippen LogP contribution < -0.4 is 0 Å². The number of rotatable bonds is 1. The van der Waals surface area contributed by atoms with Gasteiger partial charge in [-0.1, -0.05) is 12.1 Å². The summed E-state index contributed by atoms with van der Waals surface area (Å²) in [6, 6.07) is 0. The molecule has 2 atom stereocenters. The summed E-state index contributed by atoms with van der Waals surface area (Å²) in [6.07, 6.45) is 1.81. The average molecular weight is 115 g/mol. The van der Waals surface area contributed by atoms with Crippen molar-refractivity contribution in [3.05, 3.63) is 0 Å². The van der Waals surface area contributed by atoms with Crippen LogP contribution in [0.2, 0.25) is 0 Å². The summed E-state index contributed by atoms with van der Waals surface area (Å²) >= 11 is 0. The average Bonchev–Trinajstić information content (AvgIpc) is 2.14. The molecule has 46 valence electrons. The Morgan fingerprint density at radius 2 is 2.62 bits per heavy atom. The Morgan fingerprint density at radius 3 is 2.88 bits per heavy atom. The lowest BCUT2D eigenvalue weighted by atomic mass is 10.1. The molecule has 3 heteroatoms. The fourth-order valence-electron chi connectivity index (χ4n) is 0.634. The molecular formula is C5H9NO2. The van der Waals surface area contributed by atoms with Crippen LogP contribution in [-0.2, 0) is 4.84 Å². The predicted octanol–water partition coefficient (Wildman–Crippen LogP) is 0.347. The van der Waals surface area contributed by atoms with Gasteiger partial charge in [-0.2, -0.15) is 0 Å². The summed E-state index contributed by atoms with van der Waals surface area (Å²) < 4.78 is 0. The first-order valence-corrected chi connectivity index (χ1v) is 2.72. The highest BCUT2D eigenvalue weighted by Crippen LogP contribution is 2.12. The van der Waals surface area contributed by atoms with Crippen LogP contribution in [0.15, 0.2) is 5.16 Å². The lowest BCUT2D eigenvalue weighted by Crippen LogP contribution is -2.15.